The number of nitrogens with one attached hydrogen (secondary N) is 1. The van der Waals surface area contributed by atoms with Gasteiger partial charge in [0.2, 0.25) is 0 Å². The number of benzene rings is 5. The quantitative estimate of drug-likeness (QED) is 0.224. The molecular formula is C35H30N4O. The van der Waals surface area contributed by atoms with Gasteiger partial charge < -0.3 is 0 Å². The number of rotatable bonds is 7. The number of ketones is 1. The molecule has 196 valence electrons. The molecule has 1 aromatic heterocycles. The average molecular weight is 523 g/mol. The largest absolute Gasteiger partial charge is 0.299 e. The van der Waals surface area contributed by atoms with Crippen molar-refractivity contribution in [2.24, 2.45) is 0 Å². The third kappa shape index (κ3) is 5.49. The second kappa shape index (κ2) is 12.6. The molecule has 5 aromatic carbocycles. The first-order valence-electron chi connectivity index (χ1n) is 13.2. The minimum Gasteiger partial charge on any atom is -0.299 e. The van der Waals surface area contributed by atoms with Crippen molar-refractivity contribution in [1.29, 1.82) is 0 Å². The van der Waals surface area contributed by atoms with Gasteiger partial charge in [-0.3, -0.25) is 4.79 Å². The van der Waals surface area contributed by atoms with Crippen molar-refractivity contribution < 1.29 is 4.79 Å². The molecule has 0 aliphatic heterocycles. The smallest absolute Gasteiger partial charge is 0.186 e. The summed E-state index contributed by atoms with van der Waals surface area (Å²) in [5, 5.41) is 14.7. The first kappa shape index (κ1) is 26.4. The van der Waals surface area contributed by atoms with Gasteiger partial charge in [-0.2, -0.15) is 5.21 Å². The van der Waals surface area contributed by atoms with E-state index in [1.54, 1.807) is 6.92 Å². The van der Waals surface area contributed by atoms with E-state index in [4.69, 9.17) is 0 Å². The standard InChI is InChI=1S/C23H20N4O.C12H10/c1-17(28)21(22-24-26-27-25-22)23(18-11-5-2-6-12-18,19-13-7-3-8-14-19)20-15-9-4-10-16-20;1-3-7-11(8-4-1)12-9-5-2-6-10-12/h2-16,21H,1H3,(H,24,25,26,27);1-10H. The van der Waals surface area contributed by atoms with Gasteiger partial charge in [0.05, 0.1) is 11.3 Å². The van der Waals surface area contributed by atoms with Gasteiger partial charge in [-0.15, -0.1) is 10.2 Å². The summed E-state index contributed by atoms with van der Waals surface area (Å²) in [6.07, 6.45) is 0. The molecule has 0 saturated carbocycles. The van der Waals surface area contributed by atoms with Gasteiger partial charge in [-0.25, -0.2) is 0 Å². The zero-order valence-corrected chi connectivity index (χ0v) is 22.3. The van der Waals surface area contributed by atoms with Crippen LogP contribution in [0.3, 0.4) is 0 Å². The highest BCUT2D eigenvalue weighted by Crippen LogP contribution is 2.49. The summed E-state index contributed by atoms with van der Waals surface area (Å²) in [6, 6.07) is 50.9. The highest BCUT2D eigenvalue weighted by atomic mass is 16.1. The van der Waals surface area contributed by atoms with Gasteiger partial charge >= 0.3 is 0 Å². The second-order valence-electron chi connectivity index (χ2n) is 9.45. The van der Waals surface area contributed by atoms with Gasteiger partial charge in [-0.1, -0.05) is 157 Å². The number of hydrogen-bond donors (Lipinski definition) is 1. The van der Waals surface area contributed by atoms with Crippen LogP contribution < -0.4 is 0 Å². The van der Waals surface area contributed by atoms with Gasteiger partial charge in [0.15, 0.2) is 5.82 Å². The van der Waals surface area contributed by atoms with Crippen LogP contribution in [0, 0.1) is 0 Å². The van der Waals surface area contributed by atoms with Crippen LogP contribution in [0.15, 0.2) is 152 Å². The number of Topliss-reactive ketones (excluding diaryl/α,β-unsaturated/α-hetero) is 1. The maximum atomic E-state index is 13.1. The van der Waals surface area contributed by atoms with Crippen molar-refractivity contribution in [1.82, 2.24) is 20.6 Å². The van der Waals surface area contributed by atoms with Crippen LogP contribution in [0.4, 0.5) is 0 Å². The van der Waals surface area contributed by atoms with E-state index < -0.39 is 11.3 Å². The predicted octanol–water partition coefficient (Wildman–Crippen LogP) is 7.26. The van der Waals surface area contributed by atoms with Gasteiger partial charge in [0, 0.05) is 0 Å². The topological polar surface area (TPSA) is 71.5 Å². The summed E-state index contributed by atoms with van der Waals surface area (Å²) < 4.78 is 0. The minimum atomic E-state index is -0.792. The average Bonchev–Trinajstić information content (AvgIpc) is 3.56. The van der Waals surface area contributed by atoms with E-state index >= 15 is 0 Å². The SMILES string of the molecule is CC(=O)C(c1nn[nH]n1)C(c1ccccc1)(c1ccccc1)c1ccccc1.c1ccc(-c2ccccc2)cc1. The minimum absolute atomic E-state index is 0.0297. The molecule has 0 radical (unpaired) electrons. The Morgan fingerprint density at radius 2 is 0.925 bits per heavy atom. The van der Waals surface area contributed by atoms with Crippen LogP contribution in [0.2, 0.25) is 0 Å². The van der Waals surface area contributed by atoms with E-state index in [1.165, 1.54) is 11.1 Å². The maximum Gasteiger partial charge on any atom is 0.186 e. The lowest BCUT2D eigenvalue weighted by Crippen LogP contribution is -2.40. The molecular weight excluding hydrogens is 492 g/mol. The fourth-order valence-electron chi connectivity index (χ4n) is 5.34. The summed E-state index contributed by atoms with van der Waals surface area (Å²) in [5.74, 6) is -0.291. The summed E-state index contributed by atoms with van der Waals surface area (Å²) >= 11 is 0. The number of aromatic amines is 1. The number of hydrogen-bond acceptors (Lipinski definition) is 4. The number of aromatic nitrogens is 4. The van der Waals surface area contributed by atoms with E-state index in [-0.39, 0.29) is 5.78 Å². The van der Waals surface area contributed by atoms with Crippen LogP contribution in [0.5, 0.6) is 0 Å². The Kier molecular flexibility index (Phi) is 8.32. The van der Waals surface area contributed by atoms with E-state index in [0.717, 1.165) is 16.7 Å². The van der Waals surface area contributed by atoms with Crippen molar-refractivity contribution in [2.75, 3.05) is 0 Å². The molecule has 6 rings (SSSR count). The summed E-state index contributed by atoms with van der Waals surface area (Å²) in [6.45, 7) is 1.59. The first-order valence-corrected chi connectivity index (χ1v) is 13.2. The van der Waals surface area contributed by atoms with Crippen molar-refractivity contribution in [2.45, 2.75) is 18.3 Å². The molecule has 1 heterocycles. The van der Waals surface area contributed by atoms with E-state index in [9.17, 15) is 4.79 Å². The van der Waals surface area contributed by atoms with Crippen molar-refractivity contribution in [3.8, 4) is 11.1 Å². The molecule has 1 atom stereocenters. The van der Waals surface area contributed by atoms with Crippen molar-refractivity contribution in [3.05, 3.63) is 174 Å². The van der Waals surface area contributed by atoms with Crippen LogP contribution in [-0.4, -0.2) is 26.4 Å². The molecule has 0 spiro atoms. The molecule has 0 fully saturated rings. The monoisotopic (exact) mass is 522 g/mol. The third-order valence-corrected chi connectivity index (χ3v) is 7.03. The zero-order valence-electron chi connectivity index (χ0n) is 22.3. The maximum absolute atomic E-state index is 13.1. The number of carbonyl (C=O) groups is 1. The Labute approximate surface area is 234 Å². The molecule has 40 heavy (non-hydrogen) atoms. The van der Waals surface area contributed by atoms with Gasteiger partial charge in [-0.05, 0) is 34.7 Å². The van der Waals surface area contributed by atoms with Crippen LogP contribution in [0.25, 0.3) is 11.1 Å². The summed E-state index contributed by atoms with van der Waals surface area (Å²) in [7, 11) is 0. The molecule has 5 heteroatoms. The molecule has 0 bridgehead atoms. The van der Waals surface area contributed by atoms with Crippen LogP contribution in [-0.2, 0) is 10.2 Å². The van der Waals surface area contributed by atoms with Crippen molar-refractivity contribution >= 4 is 5.78 Å². The van der Waals surface area contributed by atoms with Gasteiger partial charge in [0.25, 0.3) is 0 Å². The van der Waals surface area contributed by atoms with Crippen LogP contribution in [0.1, 0.15) is 35.4 Å². The Morgan fingerprint density at radius 1 is 0.575 bits per heavy atom. The lowest BCUT2D eigenvalue weighted by Gasteiger charge is -2.40. The summed E-state index contributed by atoms with van der Waals surface area (Å²) in [5.41, 5.74) is 4.75. The predicted molar refractivity (Wildman–Crippen MR) is 159 cm³/mol. The molecule has 1 unspecified atom stereocenters. The number of H-pyrrole nitrogens is 1. The normalized spacial score (nSPS) is 11.6. The van der Waals surface area contributed by atoms with E-state index in [1.807, 2.05) is 66.7 Å². The van der Waals surface area contributed by atoms with E-state index in [2.05, 4.69) is 106 Å². The van der Waals surface area contributed by atoms with Crippen molar-refractivity contribution in [3.63, 3.8) is 0 Å². The molecule has 1 N–H and O–H groups in total. The first-order chi connectivity index (χ1) is 19.7. The fourth-order valence-corrected chi connectivity index (χ4v) is 5.34. The van der Waals surface area contributed by atoms with Crippen LogP contribution >= 0.6 is 0 Å². The molecule has 0 amide bonds. The molecule has 0 aliphatic carbocycles. The lowest BCUT2D eigenvalue weighted by molar-refractivity contribution is -0.119. The zero-order chi connectivity index (χ0) is 27.6. The molecule has 6 aromatic rings. The van der Waals surface area contributed by atoms with E-state index in [0.29, 0.717) is 5.82 Å². The summed E-state index contributed by atoms with van der Waals surface area (Å²) in [4.78, 5) is 13.1. The highest BCUT2D eigenvalue weighted by Gasteiger charge is 2.48. The number of nitrogens with zero attached hydrogens (tertiary/aromatic N) is 3. The Balaban J connectivity index is 0.000000223. The lowest BCUT2D eigenvalue weighted by atomic mass is 9.60. The number of carbonyl (C=O) groups excluding carboxylic acids is 1. The molecule has 0 saturated heterocycles. The number of tetrazole rings is 1. The second-order valence-corrected chi connectivity index (χ2v) is 9.45. The fraction of sp³-hybridized carbons (Fsp3) is 0.0857. The highest BCUT2D eigenvalue weighted by molar-refractivity contribution is 5.87. The Hall–Kier alpha value is -5.16. The molecule has 0 aliphatic rings. The molecule has 5 nitrogen and oxygen atoms in total. The Morgan fingerprint density at radius 3 is 1.23 bits per heavy atom. The van der Waals surface area contributed by atoms with Gasteiger partial charge in [0.1, 0.15) is 5.78 Å². The Bertz CT molecular complexity index is 1460. The third-order valence-electron chi connectivity index (χ3n) is 7.03.